The molecule has 0 aliphatic rings. The van der Waals surface area contributed by atoms with Gasteiger partial charge >= 0.3 is 39.5 Å². The lowest BCUT2D eigenvalue weighted by atomic mass is 10.0. The number of rotatable bonds is 79. The van der Waals surface area contributed by atoms with Crippen LogP contribution in [-0.2, 0) is 65.4 Å². The molecule has 0 rings (SSSR count). The Balaban J connectivity index is 5.24. The van der Waals surface area contributed by atoms with Gasteiger partial charge in [0.25, 0.3) is 0 Å². The van der Waals surface area contributed by atoms with Gasteiger partial charge in [-0.25, -0.2) is 9.13 Å². The lowest BCUT2D eigenvalue weighted by molar-refractivity contribution is -0.161. The molecule has 100 heavy (non-hydrogen) atoms. The summed E-state index contributed by atoms with van der Waals surface area (Å²) in [6.07, 6.45) is 67.5. The van der Waals surface area contributed by atoms with E-state index in [1.165, 1.54) is 212 Å². The zero-order valence-corrected chi connectivity index (χ0v) is 66.6. The average Bonchev–Trinajstić information content (AvgIpc) is 0.937. The van der Waals surface area contributed by atoms with Gasteiger partial charge in [-0.2, -0.15) is 0 Å². The smallest absolute Gasteiger partial charge is 0.462 e. The molecule has 19 heteroatoms. The van der Waals surface area contributed by atoms with Gasteiger partial charge in [0.2, 0.25) is 0 Å². The minimum atomic E-state index is -4.97. The van der Waals surface area contributed by atoms with Crippen LogP contribution in [0.4, 0.5) is 0 Å². The van der Waals surface area contributed by atoms with E-state index in [9.17, 15) is 43.2 Å². The first-order valence-electron chi connectivity index (χ1n) is 41.5. The number of aliphatic hydroxyl groups excluding tert-OH is 1. The first-order chi connectivity index (χ1) is 48.5. The predicted molar refractivity (Wildman–Crippen MR) is 409 cm³/mol. The van der Waals surface area contributed by atoms with E-state index in [2.05, 4.69) is 58.9 Å². The normalized spacial score (nSPS) is 14.0. The molecule has 0 spiro atoms. The molecular formula is C81H154O17P2. The molecule has 3 N–H and O–H groups in total. The van der Waals surface area contributed by atoms with Gasteiger partial charge in [0.15, 0.2) is 12.2 Å². The number of hydrogen-bond acceptors (Lipinski definition) is 15. The Labute approximate surface area is 612 Å². The molecular weight excluding hydrogens is 1310 g/mol. The number of allylic oxidation sites excluding steroid dienone is 4. The second-order valence-corrected chi connectivity index (χ2v) is 31.9. The summed E-state index contributed by atoms with van der Waals surface area (Å²) in [5, 5.41) is 10.6. The molecule has 0 bridgehead atoms. The van der Waals surface area contributed by atoms with Crippen molar-refractivity contribution in [3.05, 3.63) is 24.3 Å². The number of phosphoric acid groups is 2. The zero-order chi connectivity index (χ0) is 73.4. The summed E-state index contributed by atoms with van der Waals surface area (Å²) in [4.78, 5) is 72.9. The highest BCUT2D eigenvalue weighted by Crippen LogP contribution is 2.45. The molecule has 0 fully saturated rings. The largest absolute Gasteiger partial charge is 0.472 e. The van der Waals surface area contributed by atoms with E-state index < -0.39 is 97.5 Å². The number of aliphatic hydroxyl groups is 1. The van der Waals surface area contributed by atoms with Gasteiger partial charge in [0, 0.05) is 25.7 Å². The van der Waals surface area contributed by atoms with Gasteiger partial charge in [-0.05, 0) is 57.3 Å². The number of unbranched alkanes of at least 4 members (excludes halogenated alkanes) is 48. The minimum Gasteiger partial charge on any atom is -0.462 e. The number of carbonyl (C=O) groups is 4. The summed E-state index contributed by atoms with van der Waals surface area (Å²) in [6, 6.07) is 0. The summed E-state index contributed by atoms with van der Waals surface area (Å²) in [7, 11) is -9.93. The third kappa shape index (κ3) is 73.8. The second kappa shape index (κ2) is 73.4. The summed E-state index contributed by atoms with van der Waals surface area (Å²) in [5.74, 6) is -1.41. The third-order valence-corrected chi connectivity index (χ3v) is 20.3. The monoisotopic (exact) mass is 1460 g/mol. The van der Waals surface area contributed by atoms with Crippen LogP contribution < -0.4 is 0 Å². The van der Waals surface area contributed by atoms with Gasteiger partial charge in [0.05, 0.1) is 26.4 Å². The Morgan fingerprint density at radius 2 is 0.540 bits per heavy atom. The maximum atomic E-state index is 13.1. The highest BCUT2D eigenvalue weighted by atomic mass is 31.2. The van der Waals surface area contributed by atoms with Crippen molar-refractivity contribution in [1.29, 1.82) is 0 Å². The number of ether oxygens (including phenoxy) is 4. The number of carbonyl (C=O) groups excluding carboxylic acids is 4. The van der Waals surface area contributed by atoms with Crippen LogP contribution in [0.3, 0.4) is 0 Å². The van der Waals surface area contributed by atoms with Gasteiger partial charge in [-0.15, -0.1) is 0 Å². The van der Waals surface area contributed by atoms with E-state index in [1.54, 1.807) is 0 Å². The van der Waals surface area contributed by atoms with E-state index in [0.717, 1.165) is 115 Å². The summed E-state index contributed by atoms with van der Waals surface area (Å²) in [6.45, 7) is 7.22. The first-order valence-corrected chi connectivity index (χ1v) is 44.4. The Bertz CT molecular complexity index is 2000. The minimum absolute atomic E-state index is 0.102. The topological polar surface area (TPSA) is 237 Å². The summed E-state index contributed by atoms with van der Waals surface area (Å²) < 4.78 is 68.6. The predicted octanol–water partition coefficient (Wildman–Crippen LogP) is 24.0. The van der Waals surface area contributed by atoms with Crippen LogP contribution >= 0.6 is 15.6 Å². The van der Waals surface area contributed by atoms with E-state index in [0.29, 0.717) is 25.7 Å². The molecule has 0 heterocycles. The van der Waals surface area contributed by atoms with E-state index >= 15 is 0 Å². The average molecular weight is 1460 g/mol. The summed E-state index contributed by atoms with van der Waals surface area (Å²) in [5.41, 5.74) is 0. The molecule has 0 aliphatic carbocycles. The molecule has 0 saturated carbocycles. The Kier molecular flexibility index (Phi) is 71.6. The lowest BCUT2D eigenvalue weighted by Gasteiger charge is -2.21. The van der Waals surface area contributed by atoms with Crippen LogP contribution in [-0.4, -0.2) is 96.7 Å². The molecule has 0 amide bonds. The lowest BCUT2D eigenvalue weighted by Crippen LogP contribution is -2.30. The van der Waals surface area contributed by atoms with Crippen molar-refractivity contribution >= 4 is 39.5 Å². The maximum Gasteiger partial charge on any atom is 0.472 e. The van der Waals surface area contributed by atoms with Crippen LogP contribution in [0.15, 0.2) is 24.3 Å². The second-order valence-electron chi connectivity index (χ2n) is 29.0. The van der Waals surface area contributed by atoms with Crippen molar-refractivity contribution in [3.63, 3.8) is 0 Å². The van der Waals surface area contributed by atoms with Crippen LogP contribution in [0.2, 0.25) is 0 Å². The summed E-state index contributed by atoms with van der Waals surface area (Å²) >= 11 is 0. The molecule has 17 nitrogen and oxygen atoms in total. The maximum absolute atomic E-state index is 13.1. The van der Waals surface area contributed by atoms with Crippen molar-refractivity contribution in [2.24, 2.45) is 5.92 Å². The van der Waals surface area contributed by atoms with Crippen LogP contribution in [0.1, 0.15) is 407 Å². The fourth-order valence-corrected chi connectivity index (χ4v) is 13.6. The molecule has 0 aromatic heterocycles. The highest BCUT2D eigenvalue weighted by molar-refractivity contribution is 7.47. The quantitative estimate of drug-likeness (QED) is 0.0169. The van der Waals surface area contributed by atoms with Gasteiger partial charge in [-0.1, -0.05) is 354 Å². The highest BCUT2D eigenvalue weighted by Gasteiger charge is 2.30. The molecule has 0 aliphatic heterocycles. The van der Waals surface area contributed by atoms with Crippen molar-refractivity contribution in [2.45, 2.75) is 425 Å². The molecule has 0 aromatic carbocycles. The van der Waals surface area contributed by atoms with E-state index in [1.807, 2.05) is 0 Å². The van der Waals surface area contributed by atoms with Crippen LogP contribution in [0.5, 0.6) is 0 Å². The fourth-order valence-electron chi connectivity index (χ4n) is 12.0. The van der Waals surface area contributed by atoms with Crippen molar-refractivity contribution in [2.75, 3.05) is 39.6 Å². The number of phosphoric ester groups is 2. The molecule has 590 valence electrons. The fraction of sp³-hybridized carbons (Fsp3) is 0.901. The Morgan fingerprint density at radius 3 is 0.820 bits per heavy atom. The zero-order valence-electron chi connectivity index (χ0n) is 64.8. The van der Waals surface area contributed by atoms with E-state index in [-0.39, 0.29) is 25.7 Å². The van der Waals surface area contributed by atoms with Crippen molar-refractivity contribution in [1.82, 2.24) is 0 Å². The van der Waals surface area contributed by atoms with Gasteiger partial charge in [-0.3, -0.25) is 37.3 Å². The molecule has 2 unspecified atom stereocenters. The van der Waals surface area contributed by atoms with E-state index in [4.69, 9.17) is 37.0 Å². The standard InChI is InChI=1S/C81H154O17P2/c1-6-9-12-15-18-21-24-27-29-30-31-32-33-34-35-37-39-42-45-52-57-62-67-81(86)97-76(70-91-78(83)64-59-54-49-43-41-38-36-28-25-22-19-16-13-10-7-2)72-95-99(87,88)93-68-75(82)69-94-100(89,90)96-73-77(71-92-79(84)65-60-55-50-47-46-48-53-58-63-74(4)5)98-80(85)66-61-56-51-44-40-26-23-20-17-14-11-8-3/h22,25,28,36,74-77,82H,6-21,23-24,26-27,29-35,37-73H2,1-5H3,(H,87,88)(H,89,90)/b25-22-,36-28-/t75-,76-,77-/m1/s1. The number of esters is 4. The van der Waals surface area contributed by atoms with Gasteiger partial charge < -0.3 is 33.8 Å². The van der Waals surface area contributed by atoms with Crippen LogP contribution in [0.25, 0.3) is 0 Å². The van der Waals surface area contributed by atoms with Crippen LogP contribution in [0, 0.1) is 5.92 Å². The number of hydrogen-bond donors (Lipinski definition) is 3. The Hall–Kier alpha value is -2.46. The van der Waals surface area contributed by atoms with Crippen molar-refractivity contribution in [3.8, 4) is 0 Å². The Morgan fingerprint density at radius 1 is 0.310 bits per heavy atom. The molecule has 0 aromatic rings. The molecule has 0 radical (unpaired) electrons. The SMILES string of the molecule is CCCCCC/C=C\C=C/CCCCCCCC(=O)OC[C@H](COP(=O)(O)OC[C@@H](O)COP(=O)(O)OC[C@@H](COC(=O)CCCCCCCCCCC(C)C)OC(=O)CCCCCCCCCCCCCC)OC(=O)CCCCCCCCCCCCCCCCCCCCCCCC. The van der Waals surface area contributed by atoms with Crippen molar-refractivity contribution < 1.29 is 80.2 Å². The van der Waals surface area contributed by atoms with Gasteiger partial charge in [0.1, 0.15) is 19.3 Å². The first kappa shape index (κ1) is 97.5. The molecule has 0 saturated heterocycles. The molecule has 5 atom stereocenters. The third-order valence-electron chi connectivity index (χ3n) is 18.4.